The van der Waals surface area contributed by atoms with Crippen molar-refractivity contribution in [2.24, 2.45) is 4.99 Å². The molecule has 11 rings (SSSR count). The second kappa shape index (κ2) is 17.7. The Morgan fingerprint density at radius 2 is 1.53 bits per heavy atom. The van der Waals surface area contributed by atoms with Crippen LogP contribution in [0.25, 0.3) is 11.3 Å². The lowest BCUT2D eigenvalue weighted by atomic mass is 9.76. The first-order chi connectivity index (χ1) is 32.9. The summed E-state index contributed by atoms with van der Waals surface area (Å²) in [6, 6.07) is 20.9. The highest BCUT2D eigenvalue weighted by Crippen LogP contribution is 2.52. The van der Waals surface area contributed by atoms with Gasteiger partial charge in [-0.1, -0.05) is 55.3 Å². The van der Waals surface area contributed by atoms with E-state index in [-0.39, 0.29) is 41.8 Å². The van der Waals surface area contributed by atoms with Gasteiger partial charge in [0, 0.05) is 67.6 Å². The molecule has 3 saturated heterocycles. The van der Waals surface area contributed by atoms with E-state index in [1.54, 1.807) is 11.0 Å². The van der Waals surface area contributed by atoms with Crippen LogP contribution in [0, 0.1) is 11.6 Å². The molecule has 1 aliphatic carbocycles. The van der Waals surface area contributed by atoms with Crippen LogP contribution in [-0.4, -0.2) is 90.4 Å². The van der Waals surface area contributed by atoms with Crippen molar-refractivity contribution in [2.45, 2.75) is 114 Å². The van der Waals surface area contributed by atoms with Crippen molar-refractivity contribution < 1.29 is 28.3 Å². The summed E-state index contributed by atoms with van der Waals surface area (Å²) in [7, 11) is 0. The van der Waals surface area contributed by atoms with Gasteiger partial charge in [-0.25, -0.2) is 23.7 Å². The Kier molecular flexibility index (Phi) is 11.5. The van der Waals surface area contributed by atoms with Crippen molar-refractivity contribution in [1.82, 2.24) is 35.0 Å². The van der Waals surface area contributed by atoms with E-state index in [0.717, 1.165) is 106 Å². The summed E-state index contributed by atoms with van der Waals surface area (Å²) in [6.07, 6.45) is 10.7. The number of hydrogen-bond acceptors (Lipinski definition) is 11. The zero-order valence-corrected chi connectivity index (χ0v) is 38.2. The van der Waals surface area contributed by atoms with Crippen molar-refractivity contribution in [3.63, 3.8) is 0 Å². The Morgan fingerprint density at radius 1 is 0.809 bits per heavy atom. The lowest BCUT2D eigenvalue weighted by Crippen LogP contribution is -2.52. The van der Waals surface area contributed by atoms with Gasteiger partial charge in [-0.15, -0.1) is 0 Å². The van der Waals surface area contributed by atoms with E-state index in [4.69, 9.17) is 0 Å². The molecule has 1 atom stereocenters. The van der Waals surface area contributed by atoms with Gasteiger partial charge in [0.1, 0.15) is 29.1 Å². The molecule has 68 heavy (non-hydrogen) atoms. The molecule has 5 aliphatic heterocycles. The molecular weight excluding hydrogens is 865 g/mol. The smallest absolute Gasteiger partial charge is 0.255 e. The number of amides is 3. The normalized spacial score (nSPS) is 21.5. The summed E-state index contributed by atoms with van der Waals surface area (Å²) >= 11 is 0. The second-order valence-corrected chi connectivity index (χ2v) is 19.8. The van der Waals surface area contributed by atoms with Crippen LogP contribution in [0.4, 0.5) is 26.2 Å². The molecule has 5 aromatic rings. The number of nitrogens with zero attached hydrogens (tertiary/aromatic N) is 7. The number of fused-ring (bicyclic) bond motifs is 3. The number of aromatic nitrogens is 3. The maximum absolute atomic E-state index is 15.4. The third-order valence-corrected chi connectivity index (χ3v) is 15.7. The maximum Gasteiger partial charge on any atom is 0.255 e. The predicted octanol–water partition coefficient (Wildman–Crippen LogP) is 8.10. The number of pyridine rings is 1. The fraction of sp³-hybridized carbons (Fsp3) is 0.415. The number of hydrogen-bond donors (Lipinski definition) is 3. The summed E-state index contributed by atoms with van der Waals surface area (Å²) in [5.41, 5.74) is 7.09. The number of rotatable bonds is 10. The molecule has 1 unspecified atom stereocenters. The number of aliphatic hydroxyl groups is 1. The number of carbonyl (C=O) groups is 3. The Morgan fingerprint density at radius 3 is 2.22 bits per heavy atom. The molecular formula is C53H55F2N9O4. The van der Waals surface area contributed by atoms with Gasteiger partial charge in [-0.3, -0.25) is 34.5 Å². The number of anilines is 2. The number of carbonyl (C=O) groups excluding carboxylic acids is 3. The van der Waals surface area contributed by atoms with Crippen molar-refractivity contribution in [3.8, 4) is 11.3 Å². The molecule has 3 amide bonds. The van der Waals surface area contributed by atoms with Gasteiger partial charge in [0.05, 0.1) is 11.8 Å². The molecule has 6 aliphatic rings. The second-order valence-electron chi connectivity index (χ2n) is 19.8. The first-order valence-corrected chi connectivity index (χ1v) is 24.1. The van der Waals surface area contributed by atoms with E-state index in [1.807, 2.05) is 37.4 Å². The Labute approximate surface area is 394 Å². The minimum absolute atomic E-state index is 0.0360. The monoisotopic (exact) mass is 919 g/mol. The summed E-state index contributed by atoms with van der Waals surface area (Å²) < 4.78 is 30.6. The van der Waals surface area contributed by atoms with Crippen molar-refractivity contribution in [3.05, 3.63) is 130 Å². The van der Waals surface area contributed by atoms with Crippen LogP contribution in [0.2, 0.25) is 0 Å². The number of nitrogens with one attached hydrogen (secondary N) is 2. The zero-order valence-electron chi connectivity index (χ0n) is 38.2. The fourth-order valence-corrected chi connectivity index (χ4v) is 11.7. The first kappa shape index (κ1) is 44.2. The van der Waals surface area contributed by atoms with Gasteiger partial charge in [0.15, 0.2) is 5.82 Å². The number of halogens is 2. The minimum Gasteiger partial charge on any atom is -0.385 e. The Bertz CT molecular complexity index is 2830. The molecule has 350 valence electrons. The molecule has 2 aromatic heterocycles. The number of imide groups is 1. The molecule has 3 N–H and O–H groups in total. The number of likely N-dealkylation sites (tertiary alicyclic amines) is 2. The van der Waals surface area contributed by atoms with E-state index in [0.29, 0.717) is 47.8 Å². The third-order valence-electron chi connectivity index (χ3n) is 15.7. The first-order valence-electron chi connectivity index (χ1n) is 24.1. The van der Waals surface area contributed by atoms with Gasteiger partial charge in [-0.2, -0.15) is 0 Å². The number of aliphatic imine (C=N–C) groups is 1. The molecule has 7 heterocycles. The van der Waals surface area contributed by atoms with Crippen molar-refractivity contribution in [2.75, 3.05) is 31.5 Å². The van der Waals surface area contributed by atoms with Crippen LogP contribution in [0.5, 0.6) is 0 Å². The predicted molar refractivity (Wildman–Crippen MR) is 252 cm³/mol. The maximum atomic E-state index is 15.4. The van der Waals surface area contributed by atoms with Crippen LogP contribution >= 0.6 is 0 Å². The SMILES string of the molecule is CC1=Nc2c(F)cc(-c3nc(Nc4ccc(C5CCN(Cc6ccc(CN7CCC(O)(c8ccc9c(c8)CN(C8CCC(=O)NC8=O)C9=O)CC7)cc6)CC5)cn4)ncc3F)cc2C12CCCC2. The van der Waals surface area contributed by atoms with Crippen LogP contribution in [-0.2, 0) is 40.2 Å². The minimum atomic E-state index is -1.00. The van der Waals surface area contributed by atoms with E-state index in [9.17, 15) is 19.5 Å². The average molecular weight is 920 g/mol. The quantitative estimate of drug-likeness (QED) is 0.117. The molecule has 1 saturated carbocycles. The topological polar surface area (TPSA) is 156 Å². The van der Waals surface area contributed by atoms with E-state index >= 15 is 8.78 Å². The number of benzene rings is 3. The lowest BCUT2D eigenvalue weighted by molar-refractivity contribution is -0.136. The molecule has 0 bridgehead atoms. The van der Waals surface area contributed by atoms with E-state index in [1.165, 1.54) is 22.8 Å². The zero-order chi connectivity index (χ0) is 46.7. The highest BCUT2D eigenvalue weighted by molar-refractivity contribution is 6.05. The fourth-order valence-electron chi connectivity index (χ4n) is 11.7. The van der Waals surface area contributed by atoms with Gasteiger partial charge in [0.2, 0.25) is 17.8 Å². The highest BCUT2D eigenvalue weighted by Gasteiger charge is 2.45. The largest absolute Gasteiger partial charge is 0.385 e. The Hall–Kier alpha value is -6.29. The molecule has 13 nitrogen and oxygen atoms in total. The van der Waals surface area contributed by atoms with Crippen LogP contribution < -0.4 is 10.6 Å². The van der Waals surface area contributed by atoms with E-state index < -0.39 is 29.2 Å². The molecule has 15 heteroatoms. The van der Waals surface area contributed by atoms with Gasteiger partial charge >= 0.3 is 0 Å². The highest BCUT2D eigenvalue weighted by atomic mass is 19.1. The van der Waals surface area contributed by atoms with Crippen LogP contribution in [0.15, 0.2) is 84.1 Å². The summed E-state index contributed by atoms with van der Waals surface area (Å²) in [5.74, 6) is -0.923. The van der Waals surface area contributed by atoms with Gasteiger partial charge in [0.25, 0.3) is 5.91 Å². The average Bonchev–Trinajstić information content (AvgIpc) is 4.05. The molecule has 4 fully saturated rings. The lowest BCUT2D eigenvalue weighted by Gasteiger charge is -2.38. The van der Waals surface area contributed by atoms with Crippen molar-refractivity contribution in [1.29, 1.82) is 0 Å². The third kappa shape index (κ3) is 8.27. The Balaban J connectivity index is 0.644. The molecule has 1 spiro atoms. The summed E-state index contributed by atoms with van der Waals surface area (Å²) in [4.78, 5) is 61.7. The molecule has 0 radical (unpaired) electrons. The van der Waals surface area contributed by atoms with Crippen LogP contribution in [0.3, 0.4) is 0 Å². The summed E-state index contributed by atoms with van der Waals surface area (Å²) in [5, 5.41) is 17.3. The van der Waals surface area contributed by atoms with E-state index in [2.05, 4.69) is 70.7 Å². The molecule has 3 aromatic carbocycles. The summed E-state index contributed by atoms with van der Waals surface area (Å²) in [6.45, 7) is 7.37. The standard InChI is InChI=1S/C53H55F2N9O4/c1-32-52(16-2-3-17-52)41-25-37(26-42(54)48(41)58-32)47-43(55)28-57-51(61-47)59-45-12-8-36(27-56-45)35-14-20-62(21-15-35)29-33-4-6-34(7-5-33)30-63-22-18-53(68,19-23-63)39-9-10-40-38(24-39)31-64(50(40)67)44-11-13-46(65)60-49(44)66/h4-10,12,24-28,35,44,68H,2-3,11,13-23,29-31H2,1H3,(H,60,65,66)(H,56,57,59,61). The van der Waals surface area contributed by atoms with Gasteiger partial charge in [-0.05, 0) is 129 Å². The van der Waals surface area contributed by atoms with Crippen LogP contribution in [0.1, 0.15) is 121 Å². The van der Waals surface area contributed by atoms with Gasteiger partial charge < -0.3 is 15.3 Å². The number of piperidine rings is 3. The van der Waals surface area contributed by atoms with Crippen molar-refractivity contribution >= 4 is 40.9 Å².